The maximum absolute atomic E-state index is 13.2. The Balaban J connectivity index is 1.27. The van der Waals surface area contributed by atoms with E-state index in [0.29, 0.717) is 12.6 Å². The number of halogens is 1. The van der Waals surface area contributed by atoms with Crippen LogP contribution in [0.3, 0.4) is 0 Å². The van der Waals surface area contributed by atoms with Gasteiger partial charge in [-0.2, -0.15) is 0 Å². The zero-order valence-corrected chi connectivity index (χ0v) is 18.1. The number of carbonyl (C=O) groups excluding carboxylic acids is 1. The van der Waals surface area contributed by atoms with E-state index in [1.807, 2.05) is 18.2 Å². The molecule has 0 unspecified atom stereocenters. The maximum Gasteiger partial charge on any atom is 0.254 e. The molecule has 1 aliphatic carbocycles. The quantitative estimate of drug-likeness (QED) is 0.677. The lowest BCUT2D eigenvalue weighted by Gasteiger charge is -2.38. The summed E-state index contributed by atoms with van der Waals surface area (Å²) in [5.41, 5.74) is 4.73. The summed E-state index contributed by atoms with van der Waals surface area (Å²) in [6, 6.07) is 12.7. The topological polar surface area (TPSA) is 38.8 Å². The summed E-state index contributed by atoms with van der Waals surface area (Å²) >= 11 is 3.56. The van der Waals surface area contributed by atoms with Gasteiger partial charge in [-0.3, -0.25) is 4.79 Å². The van der Waals surface area contributed by atoms with Crippen molar-refractivity contribution in [3.63, 3.8) is 0 Å². The third-order valence-electron chi connectivity index (χ3n) is 6.46. The van der Waals surface area contributed by atoms with Crippen LogP contribution in [0.4, 0.5) is 0 Å². The fourth-order valence-corrected chi connectivity index (χ4v) is 5.26. The van der Waals surface area contributed by atoms with E-state index in [9.17, 15) is 4.79 Å². The SMILES string of the molecule is O=C1c2ccc(OC[C@@H]3CCCO3)cc2CCN1[C@H]1CCc2cc(Br)ccc2C1. The van der Waals surface area contributed by atoms with Crippen molar-refractivity contribution < 1.29 is 14.3 Å². The molecule has 0 bridgehead atoms. The normalized spacial score (nSPS) is 23.6. The van der Waals surface area contributed by atoms with Crippen LogP contribution in [0.15, 0.2) is 40.9 Å². The van der Waals surface area contributed by atoms with E-state index in [1.165, 1.54) is 11.1 Å². The molecule has 0 radical (unpaired) electrons. The molecule has 152 valence electrons. The average molecular weight is 456 g/mol. The lowest BCUT2D eigenvalue weighted by molar-refractivity contribution is 0.0638. The van der Waals surface area contributed by atoms with Crippen molar-refractivity contribution in [1.29, 1.82) is 0 Å². The molecule has 3 aliphatic rings. The number of ether oxygens (including phenoxy) is 2. The van der Waals surface area contributed by atoms with Crippen LogP contribution in [-0.2, 0) is 24.0 Å². The Hall–Kier alpha value is -1.85. The average Bonchev–Trinajstić information content (AvgIpc) is 3.26. The Morgan fingerprint density at radius 1 is 1.07 bits per heavy atom. The summed E-state index contributed by atoms with van der Waals surface area (Å²) in [7, 11) is 0. The summed E-state index contributed by atoms with van der Waals surface area (Å²) in [5.74, 6) is 1.01. The molecule has 2 aromatic rings. The molecule has 5 rings (SSSR count). The largest absolute Gasteiger partial charge is 0.491 e. The molecule has 2 aromatic carbocycles. The molecule has 1 amide bonds. The van der Waals surface area contributed by atoms with Crippen LogP contribution in [0.2, 0.25) is 0 Å². The van der Waals surface area contributed by atoms with Gasteiger partial charge in [0.05, 0.1) is 6.10 Å². The molecule has 5 heteroatoms. The highest BCUT2D eigenvalue weighted by atomic mass is 79.9. The van der Waals surface area contributed by atoms with Gasteiger partial charge in [-0.1, -0.05) is 22.0 Å². The molecular weight excluding hydrogens is 430 g/mol. The molecule has 29 heavy (non-hydrogen) atoms. The van der Waals surface area contributed by atoms with Gasteiger partial charge in [-0.25, -0.2) is 0 Å². The van der Waals surface area contributed by atoms with E-state index in [1.54, 1.807) is 0 Å². The van der Waals surface area contributed by atoms with Gasteiger partial charge in [0, 0.05) is 29.2 Å². The highest BCUT2D eigenvalue weighted by Crippen LogP contribution is 2.31. The first-order valence-corrected chi connectivity index (χ1v) is 11.4. The van der Waals surface area contributed by atoms with Crippen LogP contribution in [0, 0.1) is 0 Å². The smallest absolute Gasteiger partial charge is 0.254 e. The van der Waals surface area contributed by atoms with Gasteiger partial charge >= 0.3 is 0 Å². The molecule has 0 saturated carbocycles. The van der Waals surface area contributed by atoms with Crippen LogP contribution >= 0.6 is 15.9 Å². The molecule has 0 N–H and O–H groups in total. The first kappa shape index (κ1) is 19.1. The molecule has 2 atom stereocenters. The Labute approximate surface area is 180 Å². The fraction of sp³-hybridized carbons (Fsp3) is 0.458. The third kappa shape index (κ3) is 3.95. The zero-order chi connectivity index (χ0) is 19.8. The van der Waals surface area contributed by atoms with Crippen molar-refractivity contribution in [3.05, 3.63) is 63.1 Å². The van der Waals surface area contributed by atoms with E-state index in [4.69, 9.17) is 9.47 Å². The standard InChI is InChI=1S/C24H26BrNO3/c25-19-5-3-17-13-20(6-4-16(17)12-19)26-10-9-18-14-21(7-8-23(18)24(26)27)29-15-22-2-1-11-28-22/h3,5,7-8,12,14,20,22H,1-2,4,6,9-11,13,15H2/t20-,22-/m0/s1. The predicted molar refractivity (Wildman–Crippen MR) is 116 cm³/mol. The van der Waals surface area contributed by atoms with Gasteiger partial charge in [0.1, 0.15) is 12.4 Å². The Kier molecular flexibility index (Phi) is 5.35. The van der Waals surface area contributed by atoms with Crippen LogP contribution in [-0.4, -0.2) is 42.7 Å². The van der Waals surface area contributed by atoms with Crippen LogP contribution < -0.4 is 4.74 Å². The van der Waals surface area contributed by atoms with Crippen LogP contribution in [0.5, 0.6) is 5.75 Å². The van der Waals surface area contributed by atoms with Crippen molar-refractivity contribution in [2.45, 2.75) is 50.7 Å². The molecule has 2 aliphatic heterocycles. The van der Waals surface area contributed by atoms with Crippen LogP contribution in [0.1, 0.15) is 46.3 Å². The lowest BCUT2D eigenvalue weighted by atomic mass is 9.86. The number of nitrogens with zero attached hydrogens (tertiary/aromatic N) is 1. The first-order valence-electron chi connectivity index (χ1n) is 10.6. The molecule has 2 heterocycles. The number of carbonyl (C=O) groups is 1. The van der Waals surface area contributed by atoms with Crippen LogP contribution in [0.25, 0.3) is 0 Å². The molecule has 4 nitrogen and oxygen atoms in total. The van der Waals surface area contributed by atoms with E-state index < -0.39 is 0 Å². The highest BCUT2D eigenvalue weighted by molar-refractivity contribution is 9.10. The van der Waals surface area contributed by atoms with E-state index >= 15 is 0 Å². The first-order chi connectivity index (χ1) is 14.2. The number of hydrogen-bond acceptors (Lipinski definition) is 3. The summed E-state index contributed by atoms with van der Waals surface area (Å²) in [5, 5.41) is 0. The number of fused-ring (bicyclic) bond motifs is 2. The van der Waals surface area contributed by atoms with E-state index in [0.717, 1.165) is 73.0 Å². The minimum atomic E-state index is 0.169. The van der Waals surface area contributed by atoms with Gasteiger partial charge in [-0.05, 0) is 85.5 Å². The van der Waals surface area contributed by atoms with Gasteiger partial charge in [0.15, 0.2) is 0 Å². The van der Waals surface area contributed by atoms with Gasteiger partial charge in [0.2, 0.25) is 0 Å². The molecule has 0 aromatic heterocycles. The second-order valence-electron chi connectivity index (χ2n) is 8.32. The fourth-order valence-electron chi connectivity index (χ4n) is 4.86. The maximum atomic E-state index is 13.2. The van der Waals surface area contributed by atoms with E-state index in [-0.39, 0.29) is 12.0 Å². The molecule has 0 spiro atoms. The minimum Gasteiger partial charge on any atom is -0.491 e. The van der Waals surface area contributed by atoms with Crippen molar-refractivity contribution in [1.82, 2.24) is 4.90 Å². The Morgan fingerprint density at radius 2 is 2.00 bits per heavy atom. The second kappa shape index (κ2) is 8.11. The van der Waals surface area contributed by atoms with Crippen molar-refractivity contribution >= 4 is 21.8 Å². The third-order valence-corrected chi connectivity index (χ3v) is 6.95. The van der Waals surface area contributed by atoms with Gasteiger partial charge < -0.3 is 14.4 Å². The minimum absolute atomic E-state index is 0.169. The van der Waals surface area contributed by atoms with Crippen molar-refractivity contribution in [3.8, 4) is 5.75 Å². The highest BCUT2D eigenvalue weighted by Gasteiger charge is 2.32. The van der Waals surface area contributed by atoms with Crippen molar-refractivity contribution in [2.75, 3.05) is 19.8 Å². The zero-order valence-electron chi connectivity index (χ0n) is 16.5. The van der Waals surface area contributed by atoms with Crippen molar-refractivity contribution in [2.24, 2.45) is 0 Å². The lowest BCUT2D eigenvalue weighted by Crippen LogP contribution is -2.47. The molecule has 1 saturated heterocycles. The van der Waals surface area contributed by atoms with Gasteiger partial charge in [0.25, 0.3) is 5.91 Å². The molecular formula is C24H26BrNO3. The molecule has 1 fully saturated rings. The number of rotatable bonds is 4. The second-order valence-corrected chi connectivity index (χ2v) is 9.24. The summed E-state index contributed by atoms with van der Waals surface area (Å²) in [6.07, 6.45) is 6.30. The summed E-state index contributed by atoms with van der Waals surface area (Å²) in [6.45, 7) is 2.22. The number of hydrogen-bond donors (Lipinski definition) is 0. The Bertz CT molecular complexity index is 922. The Morgan fingerprint density at radius 3 is 2.86 bits per heavy atom. The predicted octanol–water partition coefficient (Wildman–Crippen LogP) is 4.56. The summed E-state index contributed by atoms with van der Waals surface area (Å²) in [4.78, 5) is 15.3. The summed E-state index contributed by atoms with van der Waals surface area (Å²) < 4.78 is 12.7. The van der Waals surface area contributed by atoms with E-state index in [2.05, 4.69) is 39.0 Å². The monoisotopic (exact) mass is 455 g/mol. The number of benzene rings is 2. The number of amides is 1. The number of aryl methyl sites for hydroxylation is 1. The van der Waals surface area contributed by atoms with Gasteiger partial charge in [-0.15, -0.1) is 0 Å².